The first-order chi connectivity index (χ1) is 17.4. The lowest BCUT2D eigenvalue weighted by atomic mass is 9.93. The molecule has 0 spiro atoms. The number of pyridine rings is 1. The molecule has 14 heteroatoms. The number of nitrogens with one attached hydrogen (secondary N) is 2. The van der Waals surface area contributed by atoms with Crippen molar-refractivity contribution in [2.45, 2.75) is 64.2 Å². The summed E-state index contributed by atoms with van der Waals surface area (Å²) in [5.74, 6) is 0.0513. The van der Waals surface area contributed by atoms with Gasteiger partial charge in [0.2, 0.25) is 0 Å². The number of hydrogen-bond acceptors (Lipinski definition) is 6. The number of anilines is 2. The minimum Gasteiger partial charge on any atom is -0.392 e. The van der Waals surface area contributed by atoms with Gasteiger partial charge in [-0.05, 0) is 60.9 Å². The molecule has 0 fully saturated rings. The zero-order chi connectivity index (χ0) is 27.0. The number of nitrogens with zero attached hydrogens (tertiary/aromatic N) is 5. The van der Waals surface area contributed by atoms with Crippen LogP contribution < -0.4 is 15.0 Å². The first kappa shape index (κ1) is 26.6. The van der Waals surface area contributed by atoms with Crippen molar-refractivity contribution < 1.29 is 36.2 Å². The molecule has 200 valence electrons. The summed E-state index contributed by atoms with van der Waals surface area (Å²) < 4.78 is 81.1. The predicted octanol–water partition coefficient (Wildman–Crippen LogP) is 4.17. The fourth-order valence-corrected chi connectivity index (χ4v) is 4.36. The number of H-pyrrole nitrogens is 1. The summed E-state index contributed by atoms with van der Waals surface area (Å²) in [6.07, 6.45) is -8.76. The fraction of sp³-hybridized carbons (Fsp3) is 0.478. The molecule has 0 radical (unpaired) electrons. The zero-order valence-corrected chi connectivity index (χ0v) is 20.0. The molecular formula is C23H26F6N7O+. The highest BCUT2D eigenvalue weighted by Crippen LogP contribution is 2.40. The molecule has 1 aromatic carbocycles. The zero-order valence-electron chi connectivity index (χ0n) is 20.0. The topological polar surface area (TPSA) is 93.8 Å². The highest BCUT2D eigenvalue weighted by Gasteiger charge is 2.39. The minimum atomic E-state index is -4.97. The van der Waals surface area contributed by atoms with Crippen molar-refractivity contribution in [2.75, 3.05) is 16.8 Å². The Labute approximate surface area is 208 Å². The Morgan fingerprint density at radius 1 is 1.08 bits per heavy atom. The molecule has 2 aromatic heterocycles. The lowest BCUT2D eigenvalue weighted by Gasteiger charge is -2.37. The maximum Gasteiger partial charge on any atom is 0.416 e. The quantitative estimate of drug-likeness (QED) is 0.314. The lowest BCUT2D eigenvalue weighted by molar-refractivity contribution is -0.805. The Kier molecular flexibility index (Phi) is 7.31. The van der Waals surface area contributed by atoms with Crippen LogP contribution in [0.3, 0.4) is 0 Å². The van der Waals surface area contributed by atoms with Crippen LogP contribution in [0.15, 0.2) is 30.3 Å². The van der Waals surface area contributed by atoms with Crippen molar-refractivity contribution in [2.24, 2.45) is 0 Å². The number of rotatable bonds is 7. The average Bonchev–Trinajstić information content (AvgIpc) is 3.29. The van der Waals surface area contributed by atoms with Crippen molar-refractivity contribution in [3.8, 4) is 0 Å². The molecule has 8 nitrogen and oxygen atoms in total. The Morgan fingerprint density at radius 3 is 2.35 bits per heavy atom. The van der Waals surface area contributed by atoms with Gasteiger partial charge in [0.25, 0.3) is 0 Å². The van der Waals surface area contributed by atoms with E-state index in [0.717, 1.165) is 12.1 Å². The van der Waals surface area contributed by atoms with Crippen LogP contribution in [-0.4, -0.2) is 38.1 Å². The van der Waals surface area contributed by atoms with Crippen LogP contribution in [0.25, 0.3) is 0 Å². The van der Waals surface area contributed by atoms with Gasteiger partial charge in [-0.25, -0.2) is 0 Å². The molecule has 1 aliphatic heterocycles. The summed E-state index contributed by atoms with van der Waals surface area (Å²) in [4.78, 5) is 7.42. The van der Waals surface area contributed by atoms with Crippen LogP contribution in [0.2, 0.25) is 0 Å². The summed E-state index contributed by atoms with van der Waals surface area (Å²) in [6, 6.07) is 4.60. The second kappa shape index (κ2) is 10.1. The van der Waals surface area contributed by atoms with Crippen LogP contribution >= 0.6 is 0 Å². The number of aliphatic hydroxyl groups excluding tert-OH is 1. The highest BCUT2D eigenvalue weighted by molar-refractivity contribution is 5.55. The second-order valence-electron chi connectivity index (χ2n) is 8.89. The van der Waals surface area contributed by atoms with Gasteiger partial charge in [0.1, 0.15) is 0 Å². The van der Waals surface area contributed by atoms with Crippen molar-refractivity contribution in [1.29, 1.82) is 0 Å². The van der Waals surface area contributed by atoms with Crippen LogP contribution in [0.4, 0.5) is 38.0 Å². The van der Waals surface area contributed by atoms with Crippen LogP contribution in [0, 0.1) is 6.92 Å². The Morgan fingerprint density at radius 2 is 1.76 bits per heavy atom. The van der Waals surface area contributed by atoms with Gasteiger partial charge in [-0.1, -0.05) is 11.7 Å². The number of alkyl halides is 6. The predicted molar refractivity (Wildman–Crippen MR) is 120 cm³/mol. The van der Waals surface area contributed by atoms with E-state index >= 15 is 0 Å². The summed E-state index contributed by atoms with van der Waals surface area (Å²) in [7, 11) is 0. The van der Waals surface area contributed by atoms with E-state index in [1.165, 1.54) is 4.80 Å². The maximum absolute atomic E-state index is 13.5. The molecule has 4 rings (SSSR count). The molecule has 1 aliphatic rings. The van der Waals surface area contributed by atoms with Crippen LogP contribution in [-0.2, 0) is 25.4 Å². The summed E-state index contributed by atoms with van der Waals surface area (Å²) in [5, 5.41) is 23.7. The van der Waals surface area contributed by atoms with Gasteiger partial charge in [-0.2, -0.15) is 26.3 Å². The summed E-state index contributed by atoms with van der Waals surface area (Å²) in [6.45, 7) is 3.23. The number of aromatic amines is 1. The van der Waals surface area contributed by atoms with Gasteiger partial charge in [-0.3, -0.25) is 4.98 Å². The van der Waals surface area contributed by atoms with Gasteiger partial charge in [0.05, 0.1) is 40.3 Å². The highest BCUT2D eigenvalue weighted by atomic mass is 19.4. The third-order valence-electron chi connectivity index (χ3n) is 6.16. The molecule has 0 unspecified atom stereocenters. The van der Waals surface area contributed by atoms with Gasteiger partial charge in [0, 0.05) is 23.4 Å². The number of aliphatic hydroxyl groups is 1. The third kappa shape index (κ3) is 5.95. The molecule has 3 aromatic rings. The molecule has 0 amide bonds. The van der Waals surface area contributed by atoms with E-state index < -0.39 is 29.5 Å². The summed E-state index contributed by atoms with van der Waals surface area (Å²) in [5.41, 5.74) is -0.989. The number of halogens is 6. The maximum atomic E-state index is 13.5. The number of fused-ring (bicyclic) bond motifs is 1. The van der Waals surface area contributed by atoms with E-state index in [9.17, 15) is 31.4 Å². The minimum absolute atomic E-state index is 0.0275. The number of benzene rings is 1. The average molecular weight is 530 g/mol. The molecule has 3 heterocycles. The Balaban J connectivity index is 1.84. The summed E-state index contributed by atoms with van der Waals surface area (Å²) >= 11 is 0. The van der Waals surface area contributed by atoms with Crippen LogP contribution in [0.1, 0.15) is 53.9 Å². The van der Waals surface area contributed by atoms with Crippen LogP contribution in [0.5, 0.6) is 0 Å². The van der Waals surface area contributed by atoms with E-state index in [0.29, 0.717) is 29.9 Å². The number of aromatic nitrogens is 5. The van der Waals surface area contributed by atoms with E-state index in [2.05, 4.69) is 25.7 Å². The molecule has 0 saturated heterocycles. The number of aryl methyl sites for hydroxylation is 1. The lowest BCUT2D eigenvalue weighted by Crippen LogP contribution is -2.42. The molecule has 0 bridgehead atoms. The van der Waals surface area contributed by atoms with Gasteiger partial charge in [-0.15, -0.1) is 0 Å². The first-order valence-electron chi connectivity index (χ1n) is 11.6. The second-order valence-corrected chi connectivity index (χ2v) is 8.89. The molecule has 2 atom stereocenters. The third-order valence-corrected chi connectivity index (χ3v) is 6.16. The number of tetrazole rings is 1. The standard InChI is InChI=1S/C23H25F6N7O/c1-3-17-11-19(20-18(31-17)5-4-13(2)30-20)35(21-32-34-36(33-21)6-7-37)12-14-8-15(22(24,25)26)10-16(9-14)23(27,28)29/h4-5,8-10,17,19,31,37H,3,6-7,11-12H2,1-2H3/p+1/t17-,19+/m1/s1. The Hall–Kier alpha value is -3.42. The largest absolute Gasteiger partial charge is 0.416 e. The smallest absolute Gasteiger partial charge is 0.392 e. The van der Waals surface area contributed by atoms with Crippen molar-refractivity contribution in [1.82, 2.24) is 20.4 Å². The Bertz CT molecular complexity index is 1210. The van der Waals surface area contributed by atoms with Crippen molar-refractivity contribution >= 4 is 11.6 Å². The van der Waals surface area contributed by atoms with Crippen molar-refractivity contribution in [3.63, 3.8) is 0 Å². The monoisotopic (exact) mass is 530 g/mol. The van der Waals surface area contributed by atoms with Gasteiger partial charge in [0.15, 0.2) is 6.54 Å². The molecule has 0 aliphatic carbocycles. The number of hydrogen-bond donors (Lipinski definition) is 3. The normalized spacial score (nSPS) is 17.9. The van der Waals surface area contributed by atoms with Gasteiger partial charge < -0.3 is 15.3 Å². The molecule has 3 N–H and O–H groups in total. The van der Waals surface area contributed by atoms with Crippen molar-refractivity contribution in [3.05, 3.63) is 58.4 Å². The molecule has 37 heavy (non-hydrogen) atoms. The molecule has 0 saturated carbocycles. The molecular weight excluding hydrogens is 504 g/mol. The fourth-order valence-electron chi connectivity index (χ4n) is 4.36. The van der Waals surface area contributed by atoms with E-state index in [-0.39, 0.29) is 43.3 Å². The first-order valence-corrected chi connectivity index (χ1v) is 11.6. The van der Waals surface area contributed by atoms with E-state index in [1.54, 1.807) is 11.8 Å². The SMILES string of the molecule is CC[C@@H]1C[C@H](N(Cc2cc(C(F)(F)F)cc(C(F)(F)F)c2)c2n[nH][n+](CCO)n2)c2nc(C)ccc2N1. The van der Waals surface area contributed by atoms with E-state index in [4.69, 9.17) is 0 Å². The van der Waals surface area contributed by atoms with E-state index in [1.807, 2.05) is 19.1 Å². The van der Waals surface area contributed by atoms with Gasteiger partial charge >= 0.3 is 18.3 Å².